The third kappa shape index (κ3) is 5.29. The lowest BCUT2D eigenvalue weighted by atomic mass is 9.79. The summed E-state index contributed by atoms with van der Waals surface area (Å²) >= 11 is 6.38. The SMILES string of the molecule is CC1(C)CC(NC(=O)c2ccc(Oc3ccccc3C#N)cc2Cl)CC(C)(C)N1. The van der Waals surface area contributed by atoms with Crippen molar-refractivity contribution in [3.8, 4) is 17.6 Å². The number of carbonyl (C=O) groups excluding carboxylic acids is 1. The fourth-order valence-corrected chi connectivity index (χ4v) is 4.46. The number of para-hydroxylation sites is 1. The third-order valence-corrected chi connectivity index (χ3v) is 5.26. The second kappa shape index (κ2) is 8.06. The van der Waals surface area contributed by atoms with E-state index in [-0.39, 0.29) is 23.0 Å². The van der Waals surface area contributed by atoms with Crippen molar-refractivity contribution in [2.24, 2.45) is 0 Å². The van der Waals surface area contributed by atoms with Crippen LogP contribution in [-0.2, 0) is 0 Å². The lowest BCUT2D eigenvalue weighted by Gasteiger charge is -2.46. The van der Waals surface area contributed by atoms with Crippen LogP contribution in [-0.4, -0.2) is 23.0 Å². The number of piperidine rings is 1. The van der Waals surface area contributed by atoms with Crippen LogP contribution in [0.1, 0.15) is 56.5 Å². The van der Waals surface area contributed by atoms with Crippen LogP contribution in [0.3, 0.4) is 0 Å². The first-order chi connectivity index (χ1) is 13.6. The van der Waals surface area contributed by atoms with Crippen LogP contribution in [0.4, 0.5) is 0 Å². The summed E-state index contributed by atoms with van der Waals surface area (Å²) in [4.78, 5) is 12.8. The molecule has 5 nitrogen and oxygen atoms in total. The molecule has 1 aliphatic rings. The maximum atomic E-state index is 12.8. The highest BCUT2D eigenvalue weighted by molar-refractivity contribution is 6.34. The van der Waals surface area contributed by atoms with E-state index in [4.69, 9.17) is 16.3 Å². The molecule has 0 saturated carbocycles. The molecule has 0 unspecified atom stereocenters. The number of nitriles is 1. The Bertz CT molecular complexity index is 947. The molecule has 0 spiro atoms. The zero-order chi connectivity index (χ0) is 21.2. The summed E-state index contributed by atoms with van der Waals surface area (Å²) in [5.41, 5.74) is 0.716. The number of nitrogens with one attached hydrogen (secondary N) is 2. The summed E-state index contributed by atoms with van der Waals surface area (Å²) in [7, 11) is 0. The van der Waals surface area contributed by atoms with E-state index < -0.39 is 0 Å². The lowest BCUT2D eigenvalue weighted by molar-refractivity contribution is 0.0873. The Balaban J connectivity index is 1.73. The van der Waals surface area contributed by atoms with Gasteiger partial charge in [0.15, 0.2) is 0 Å². The summed E-state index contributed by atoms with van der Waals surface area (Å²) < 4.78 is 5.77. The molecular formula is C23H26ClN3O2. The molecule has 0 aliphatic carbocycles. The number of nitrogens with zero attached hydrogens (tertiary/aromatic N) is 1. The number of amides is 1. The molecule has 2 aromatic carbocycles. The molecule has 1 amide bonds. The quantitative estimate of drug-likeness (QED) is 0.738. The summed E-state index contributed by atoms with van der Waals surface area (Å²) in [5.74, 6) is 0.721. The van der Waals surface area contributed by atoms with Gasteiger partial charge in [-0.2, -0.15) is 5.26 Å². The molecule has 3 rings (SSSR count). The first-order valence-electron chi connectivity index (χ1n) is 9.65. The van der Waals surface area contributed by atoms with Gasteiger partial charge in [-0.05, 0) is 64.8 Å². The van der Waals surface area contributed by atoms with Crippen molar-refractivity contribution < 1.29 is 9.53 Å². The Kier molecular flexibility index (Phi) is 5.88. The van der Waals surface area contributed by atoms with E-state index in [1.807, 2.05) is 0 Å². The zero-order valence-electron chi connectivity index (χ0n) is 17.2. The van der Waals surface area contributed by atoms with Crippen LogP contribution in [0.15, 0.2) is 42.5 Å². The van der Waals surface area contributed by atoms with Gasteiger partial charge in [0.1, 0.15) is 17.6 Å². The number of ether oxygens (including phenoxy) is 1. The number of hydrogen-bond donors (Lipinski definition) is 2. The first kappa shape index (κ1) is 21.2. The number of halogens is 1. The molecule has 0 atom stereocenters. The van der Waals surface area contributed by atoms with Gasteiger partial charge in [-0.25, -0.2) is 0 Å². The fourth-order valence-electron chi connectivity index (χ4n) is 4.21. The Morgan fingerprint density at radius 3 is 2.45 bits per heavy atom. The van der Waals surface area contributed by atoms with Crippen molar-refractivity contribution in [3.05, 3.63) is 58.6 Å². The van der Waals surface area contributed by atoms with Gasteiger partial charge < -0.3 is 15.4 Å². The zero-order valence-corrected chi connectivity index (χ0v) is 17.9. The highest BCUT2D eigenvalue weighted by atomic mass is 35.5. The summed E-state index contributed by atoms with van der Waals surface area (Å²) in [6.45, 7) is 8.58. The van der Waals surface area contributed by atoms with Crippen molar-refractivity contribution in [2.45, 2.75) is 57.7 Å². The summed E-state index contributed by atoms with van der Waals surface area (Å²) in [5, 5.41) is 16.2. The molecule has 29 heavy (non-hydrogen) atoms. The molecule has 2 aromatic rings. The second-order valence-corrected chi connectivity index (χ2v) is 9.23. The topological polar surface area (TPSA) is 74.1 Å². The second-order valence-electron chi connectivity index (χ2n) is 8.82. The van der Waals surface area contributed by atoms with Crippen LogP contribution < -0.4 is 15.4 Å². The van der Waals surface area contributed by atoms with Gasteiger partial charge >= 0.3 is 0 Å². The average molecular weight is 412 g/mol. The van der Waals surface area contributed by atoms with E-state index >= 15 is 0 Å². The van der Waals surface area contributed by atoms with Crippen molar-refractivity contribution in [2.75, 3.05) is 0 Å². The Labute approximate surface area is 177 Å². The molecule has 2 N–H and O–H groups in total. The van der Waals surface area contributed by atoms with Crippen LogP contribution >= 0.6 is 11.6 Å². The van der Waals surface area contributed by atoms with Gasteiger partial charge in [-0.15, -0.1) is 0 Å². The normalized spacial score (nSPS) is 17.9. The van der Waals surface area contributed by atoms with Gasteiger partial charge in [0.05, 0.1) is 16.1 Å². The Hall–Kier alpha value is -2.55. The van der Waals surface area contributed by atoms with E-state index in [1.54, 1.807) is 42.5 Å². The Morgan fingerprint density at radius 1 is 1.17 bits per heavy atom. The van der Waals surface area contributed by atoms with E-state index in [1.165, 1.54) is 0 Å². The minimum atomic E-state index is -0.197. The number of carbonyl (C=O) groups is 1. The minimum Gasteiger partial charge on any atom is -0.456 e. The van der Waals surface area contributed by atoms with Gasteiger partial charge in [-0.1, -0.05) is 23.7 Å². The largest absolute Gasteiger partial charge is 0.456 e. The van der Waals surface area contributed by atoms with Crippen molar-refractivity contribution in [1.82, 2.24) is 10.6 Å². The molecule has 152 valence electrons. The molecule has 0 radical (unpaired) electrons. The lowest BCUT2D eigenvalue weighted by Crippen LogP contribution is -2.62. The van der Waals surface area contributed by atoms with Crippen LogP contribution in [0.5, 0.6) is 11.5 Å². The first-order valence-corrected chi connectivity index (χ1v) is 10.0. The highest BCUT2D eigenvalue weighted by Crippen LogP contribution is 2.31. The molecular weight excluding hydrogens is 386 g/mol. The molecule has 1 saturated heterocycles. The smallest absolute Gasteiger partial charge is 0.253 e. The van der Waals surface area contributed by atoms with Gasteiger partial charge in [0.2, 0.25) is 0 Å². The number of benzene rings is 2. The Morgan fingerprint density at radius 2 is 1.83 bits per heavy atom. The van der Waals surface area contributed by atoms with Gasteiger partial charge in [0.25, 0.3) is 5.91 Å². The van der Waals surface area contributed by atoms with E-state index in [0.29, 0.717) is 27.6 Å². The monoisotopic (exact) mass is 411 g/mol. The van der Waals surface area contributed by atoms with Gasteiger partial charge in [0, 0.05) is 23.2 Å². The summed E-state index contributed by atoms with van der Waals surface area (Å²) in [6.07, 6.45) is 1.68. The van der Waals surface area contributed by atoms with E-state index in [9.17, 15) is 10.1 Å². The van der Waals surface area contributed by atoms with Crippen LogP contribution in [0.2, 0.25) is 5.02 Å². The summed E-state index contributed by atoms with van der Waals surface area (Å²) in [6, 6.07) is 14.0. The van der Waals surface area contributed by atoms with Crippen LogP contribution in [0, 0.1) is 11.3 Å². The average Bonchev–Trinajstić information content (AvgIpc) is 2.59. The maximum absolute atomic E-state index is 12.8. The third-order valence-electron chi connectivity index (χ3n) is 4.95. The molecule has 6 heteroatoms. The maximum Gasteiger partial charge on any atom is 0.253 e. The number of rotatable bonds is 4. The highest BCUT2D eigenvalue weighted by Gasteiger charge is 2.38. The predicted molar refractivity (Wildman–Crippen MR) is 114 cm³/mol. The molecule has 0 bridgehead atoms. The van der Waals surface area contributed by atoms with Crippen molar-refractivity contribution in [1.29, 1.82) is 5.26 Å². The van der Waals surface area contributed by atoms with Gasteiger partial charge in [-0.3, -0.25) is 4.79 Å². The van der Waals surface area contributed by atoms with E-state index in [0.717, 1.165) is 12.8 Å². The minimum absolute atomic E-state index is 0.0586. The van der Waals surface area contributed by atoms with Crippen LogP contribution in [0.25, 0.3) is 0 Å². The molecule has 1 aliphatic heterocycles. The van der Waals surface area contributed by atoms with Crippen molar-refractivity contribution in [3.63, 3.8) is 0 Å². The number of hydrogen-bond acceptors (Lipinski definition) is 4. The molecule has 0 aromatic heterocycles. The van der Waals surface area contributed by atoms with E-state index in [2.05, 4.69) is 44.4 Å². The molecule has 1 heterocycles. The standard InChI is InChI=1S/C23H26ClN3O2/c1-22(2)12-16(13-23(3,4)27-22)26-21(28)18-10-9-17(11-19(18)24)29-20-8-6-5-7-15(20)14-25/h5-11,16,27H,12-13H2,1-4H3,(H,26,28). The molecule has 1 fully saturated rings. The fraction of sp³-hybridized carbons (Fsp3) is 0.391. The predicted octanol–water partition coefficient (Wildman–Crippen LogP) is 5.04. The van der Waals surface area contributed by atoms with Crippen molar-refractivity contribution >= 4 is 17.5 Å².